The standard InChI is InChI=1S/C23H28N4O3S/c1-25(13-11-17-8-4-3-5-9-17)21(28)20-19(27-14-15-31-23(27)24-20)16-26-12-7-6-10-18(26)22(29)30-2/h3-5,8-9,14-15,18H,6-7,10-13,16H2,1-2H3/t18-/m0/s1. The maximum absolute atomic E-state index is 13.3. The Kier molecular flexibility index (Phi) is 6.67. The summed E-state index contributed by atoms with van der Waals surface area (Å²) in [6.07, 6.45) is 5.54. The first-order valence-corrected chi connectivity index (χ1v) is 11.5. The van der Waals surface area contributed by atoms with Crippen LogP contribution in [0.4, 0.5) is 0 Å². The largest absolute Gasteiger partial charge is 0.468 e. The number of hydrogen-bond donors (Lipinski definition) is 0. The Morgan fingerprint density at radius 1 is 1.26 bits per heavy atom. The van der Waals surface area contributed by atoms with Gasteiger partial charge < -0.3 is 9.64 Å². The van der Waals surface area contributed by atoms with Crippen LogP contribution in [0.5, 0.6) is 0 Å². The Morgan fingerprint density at radius 3 is 2.84 bits per heavy atom. The van der Waals surface area contributed by atoms with Gasteiger partial charge >= 0.3 is 5.97 Å². The van der Waals surface area contributed by atoms with Crippen LogP contribution in [-0.4, -0.2) is 64.3 Å². The van der Waals surface area contributed by atoms with Crippen molar-refractivity contribution in [2.45, 2.75) is 38.3 Å². The van der Waals surface area contributed by atoms with E-state index in [0.717, 1.165) is 42.9 Å². The van der Waals surface area contributed by atoms with Crippen molar-refractivity contribution in [1.29, 1.82) is 0 Å². The molecule has 0 unspecified atom stereocenters. The summed E-state index contributed by atoms with van der Waals surface area (Å²) in [4.78, 5) is 34.9. The fraction of sp³-hybridized carbons (Fsp3) is 0.435. The molecule has 3 heterocycles. The van der Waals surface area contributed by atoms with E-state index in [9.17, 15) is 9.59 Å². The third-order valence-electron chi connectivity index (χ3n) is 5.93. The molecule has 7 nitrogen and oxygen atoms in total. The van der Waals surface area contributed by atoms with Crippen molar-refractivity contribution in [3.63, 3.8) is 0 Å². The fourth-order valence-corrected chi connectivity index (χ4v) is 4.89. The molecule has 31 heavy (non-hydrogen) atoms. The highest BCUT2D eigenvalue weighted by atomic mass is 32.1. The molecule has 8 heteroatoms. The lowest BCUT2D eigenvalue weighted by Gasteiger charge is -2.33. The maximum Gasteiger partial charge on any atom is 0.323 e. The van der Waals surface area contributed by atoms with E-state index in [1.165, 1.54) is 24.0 Å². The van der Waals surface area contributed by atoms with Crippen molar-refractivity contribution in [3.05, 3.63) is 58.9 Å². The quantitative estimate of drug-likeness (QED) is 0.528. The molecule has 0 bridgehead atoms. The van der Waals surface area contributed by atoms with E-state index >= 15 is 0 Å². The van der Waals surface area contributed by atoms with Gasteiger partial charge in [-0.05, 0) is 31.4 Å². The molecule has 1 aliphatic heterocycles. The first kappa shape index (κ1) is 21.5. The molecule has 0 spiro atoms. The Bertz CT molecular complexity index is 1050. The Hall–Kier alpha value is -2.71. The number of ether oxygens (including phenoxy) is 1. The van der Waals surface area contributed by atoms with Crippen LogP contribution in [0.15, 0.2) is 41.9 Å². The van der Waals surface area contributed by atoms with Gasteiger partial charge in [-0.25, -0.2) is 4.98 Å². The van der Waals surface area contributed by atoms with E-state index in [1.807, 2.05) is 41.2 Å². The number of esters is 1. The monoisotopic (exact) mass is 440 g/mol. The second-order valence-electron chi connectivity index (χ2n) is 7.93. The summed E-state index contributed by atoms with van der Waals surface area (Å²) >= 11 is 1.51. The van der Waals surface area contributed by atoms with Gasteiger partial charge in [-0.3, -0.25) is 18.9 Å². The number of piperidine rings is 1. The van der Waals surface area contributed by atoms with E-state index in [0.29, 0.717) is 18.8 Å². The van der Waals surface area contributed by atoms with Crippen LogP contribution < -0.4 is 0 Å². The van der Waals surface area contributed by atoms with Gasteiger partial charge in [0.05, 0.1) is 12.8 Å². The van der Waals surface area contributed by atoms with Crippen LogP contribution in [0, 0.1) is 0 Å². The van der Waals surface area contributed by atoms with E-state index < -0.39 is 0 Å². The lowest BCUT2D eigenvalue weighted by Crippen LogP contribution is -2.45. The third-order valence-corrected chi connectivity index (χ3v) is 6.69. The summed E-state index contributed by atoms with van der Waals surface area (Å²) in [5.74, 6) is -0.299. The topological polar surface area (TPSA) is 67.2 Å². The number of nitrogens with zero attached hydrogens (tertiary/aromatic N) is 4. The minimum absolute atomic E-state index is 0.0894. The summed E-state index contributed by atoms with van der Waals surface area (Å²) < 4.78 is 7.00. The van der Waals surface area contributed by atoms with Crippen LogP contribution in [0.3, 0.4) is 0 Å². The van der Waals surface area contributed by atoms with Gasteiger partial charge in [0.25, 0.3) is 5.91 Å². The second kappa shape index (κ2) is 9.62. The lowest BCUT2D eigenvalue weighted by atomic mass is 10.0. The maximum atomic E-state index is 13.3. The molecule has 1 saturated heterocycles. The number of methoxy groups -OCH3 is 1. The summed E-state index contributed by atoms with van der Waals surface area (Å²) in [5, 5.41) is 1.97. The minimum Gasteiger partial charge on any atom is -0.468 e. The van der Waals surface area contributed by atoms with Crippen LogP contribution >= 0.6 is 11.3 Å². The number of thiazole rings is 1. The number of imidazole rings is 1. The van der Waals surface area contributed by atoms with Crippen LogP contribution in [0.1, 0.15) is 41.0 Å². The number of rotatable bonds is 7. The van der Waals surface area contributed by atoms with Crippen LogP contribution in [-0.2, 0) is 22.5 Å². The molecule has 0 aliphatic carbocycles. The predicted molar refractivity (Wildman–Crippen MR) is 120 cm³/mol. The Balaban J connectivity index is 1.55. The molecule has 1 atom stereocenters. The van der Waals surface area contributed by atoms with E-state index in [2.05, 4.69) is 22.0 Å². The van der Waals surface area contributed by atoms with Crippen molar-refractivity contribution < 1.29 is 14.3 Å². The Morgan fingerprint density at radius 2 is 2.06 bits per heavy atom. The molecule has 1 amide bonds. The highest BCUT2D eigenvalue weighted by molar-refractivity contribution is 7.15. The Labute approximate surface area is 186 Å². The highest BCUT2D eigenvalue weighted by Gasteiger charge is 2.32. The molecule has 1 fully saturated rings. The van der Waals surface area contributed by atoms with Gasteiger partial charge in [0, 0.05) is 31.7 Å². The molecule has 0 saturated carbocycles. The van der Waals surface area contributed by atoms with E-state index in [-0.39, 0.29) is 17.9 Å². The zero-order chi connectivity index (χ0) is 21.8. The number of likely N-dealkylation sites (N-methyl/N-ethyl adjacent to an activating group) is 1. The number of carbonyl (C=O) groups is 2. The van der Waals surface area contributed by atoms with Crippen LogP contribution in [0.25, 0.3) is 4.96 Å². The molecule has 0 radical (unpaired) electrons. The van der Waals surface area contributed by atoms with Gasteiger partial charge in [-0.1, -0.05) is 36.8 Å². The average Bonchev–Trinajstić information content (AvgIpc) is 3.40. The molecule has 4 rings (SSSR count). The molecule has 164 valence electrons. The van der Waals surface area contributed by atoms with Gasteiger partial charge in [-0.2, -0.15) is 0 Å². The van der Waals surface area contributed by atoms with Gasteiger partial charge in [-0.15, -0.1) is 11.3 Å². The molecule has 1 aliphatic rings. The summed E-state index contributed by atoms with van der Waals surface area (Å²) in [6, 6.07) is 9.87. The molecule has 2 aromatic heterocycles. The summed E-state index contributed by atoms with van der Waals surface area (Å²) in [5.41, 5.74) is 2.50. The summed E-state index contributed by atoms with van der Waals surface area (Å²) in [6.45, 7) is 1.90. The lowest BCUT2D eigenvalue weighted by molar-refractivity contribution is -0.148. The van der Waals surface area contributed by atoms with Crippen molar-refractivity contribution in [3.8, 4) is 0 Å². The number of likely N-dealkylation sites (tertiary alicyclic amines) is 1. The highest BCUT2D eigenvalue weighted by Crippen LogP contribution is 2.25. The van der Waals surface area contributed by atoms with Gasteiger partial charge in [0.1, 0.15) is 6.04 Å². The minimum atomic E-state index is -0.276. The zero-order valence-corrected chi connectivity index (χ0v) is 18.8. The third kappa shape index (κ3) is 4.65. The number of fused-ring (bicyclic) bond motifs is 1. The van der Waals surface area contributed by atoms with E-state index in [4.69, 9.17) is 4.74 Å². The molecule has 3 aromatic rings. The number of benzene rings is 1. The second-order valence-corrected chi connectivity index (χ2v) is 8.80. The number of hydrogen-bond acceptors (Lipinski definition) is 6. The first-order chi connectivity index (χ1) is 15.1. The molecular formula is C23H28N4O3S. The van der Waals surface area contributed by atoms with Gasteiger partial charge in [0.2, 0.25) is 0 Å². The van der Waals surface area contributed by atoms with Crippen molar-refractivity contribution >= 4 is 28.2 Å². The molecular weight excluding hydrogens is 412 g/mol. The fourth-order valence-electron chi connectivity index (χ4n) is 4.15. The van der Waals surface area contributed by atoms with E-state index in [1.54, 1.807) is 4.90 Å². The smallest absolute Gasteiger partial charge is 0.323 e. The number of carbonyl (C=O) groups excluding carboxylic acids is 2. The van der Waals surface area contributed by atoms with Crippen molar-refractivity contribution in [2.24, 2.45) is 0 Å². The zero-order valence-electron chi connectivity index (χ0n) is 18.0. The average molecular weight is 441 g/mol. The number of amides is 1. The summed E-state index contributed by atoms with van der Waals surface area (Å²) in [7, 11) is 3.25. The van der Waals surface area contributed by atoms with Crippen LogP contribution in [0.2, 0.25) is 0 Å². The SMILES string of the molecule is COC(=O)[C@@H]1CCCCN1Cc1c(C(=O)N(C)CCc2ccccc2)nc2sccn12. The van der Waals surface area contributed by atoms with Gasteiger partial charge in [0.15, 0.2) is 10.7 Å². The van der Waals surface area contributed by atoms with Crippen molar-refractivity contribution in [1.82, 2.24) is 19.2 Å². The molecule has 0 N–H and O–H groups in total. The predicted octanol–water partition coefficient (Wildman–Crippen LogP) is 3.24. The first-order valence-electron chi connectivity index (χ1n) is 10.6. The van der Waals surface area contributed by atoms with Crippen molar-refractivity contribution in [2.75, 3.05) is 27.2 Å². The number of aromatic nitrogens is 2. The normalized spacial score (nSPS) is 17.0. The molecule has 1 aromatic carbocycles.